The minimum absolute atomic E-state index is 0.494. The van der Waals surface area contributed by atoms with Crippen LogP contribution in [0.25, 0.3) is 0 Å². The van der Waals surface area contributed by atoms with E-state index in [1.54, 1.807) is 0 Å². The highest BCUT2D eigenvalue weighted by atomic mass is 35.5. The molecule has 4 heteroatoms. The highest BCUT2D eigenvalue weighted by Crippen LogP contribution is 2.34. The predicted molar refractivity (Wildman–Crippen MR) is 92.2 cm³/mol. The van der Waals surface area contributed by atoms with Crippen molar-refractivity contribution in [1.29, 1.82) is 0 Å². The van der Waals surface area contributed by atoms with Crippen LogP contribution < -0.4 is 10.2 Å². The van der Waals surface area contributed by atoms with E-state index in [9.17, 15) is 0 Å². The topological polar surface area (TPSA) is 15.3 Å². The minimum atomic E-state index is 0.494. The maximum Gasteiger partial charge on any atom is 0.0642 e. The van der Waals surface area contributed by atoms with E-state index < -0.39 is 0 Å². The highest BCUT2D eigenvalue weighted by Gasteiger charge is 2.26. The van der Waals surface area contributed by atoms with Gasteiger partial charge in [-0.25, -0.2) is 0 Å². The molecule has 2 atom stereocenters. The molecule has 112 valence electrons. The minimum Gasteiger partial charge on any atom is -0.366 e. The van der Waals surface area contributed by atoms with Crippen molar-refractivity contribution < 1.29 is 0 Å². The van der Waals surface area contributed by atoms with E-state index in [2.05, 4.69) is 67.9 Å². The van der Waals surface area contributed by atoms with Crippen molar-refractivity contribution in [2.75, 3.05) is 17.2 Å². The molecule has 1 saturated heterocycles. The average molecular weight is 313 g/mol. The first-order valence-corrected chi connectivity index (χ1v) is 8.81. The molecule has 0 aromatic heterocycles. The molecule has 1 aromatic carbocycles. The Morgan fingerprint density at radius 2 is 2.15 bits per heavy atom. The number of nitrogens with one attached hydrogen (secondary N) is 1. The summed E-state index contributed by atoms with van der Waals surface area (Å²) in [5.74, 6) is 1.18. The van der Waals surface area contributed by atoms with E-state index in [1.807, 2.05) is 0 Å². The van der Waals surface area contributed by atoms with E-state index >= 15 is 0 Å². The lowest BCUT2D eigenvalue weighted by Gasteiger charge is -2.39. The second kappa shape index (κ2) is 7.06. The van der Waals surface area contributed by atoms with Crippen LogP contribution in [0, 0.1) is 0 Å². The molecule has 2 nitrogen and oxygen atoms in total. The summed E-state index contributed by atoms with van der Waals surface area (Å²) in [4.78, 5) is 2.45. The van der Waals surface area contributed by atoms with Crippen molar-refractivity contribution in [3.63, 3.8) is 0 Å². The van der Waals surface area contributed by atoms with E-state index in [4.69, 9.17) is 11.6 Å². The Labute approximate surface area is 132 Å². The van der Waals surface area contributed by atoms with Gasteiger partial charge in [-0.15, -0.1) is 0 Å². The maximum atomic E-state index is 6.51. The van der Waals surface area contributed by atoms with E-state index in [-0.39, 0.29) is 0 Å². The number of benzene rings is 1. The van der Waals surface area contributed by atoms with E-state index in [0.717, 1.165) is 18.1 Å². The van der Waals surface area contributed by atoms with Crippen LogP contribution in [0.15, 0.2) is 18.2 Å². The van der Waals surface area contributed by atoms with Gasteiger partial charge in [0.2, 0.25) is 0 Å². The fourth-order valence-corrected chi connectivity index (χ4v) is 3.90. The van der Waals surface area contributed by atoms with Crippen molar-refractivity contribution >= 4 is 29.1 Å². The van der Waals surface area contributed by atoms with Crippen LogP contribution in [0.3, 0.4) is 0 Å². The lowest BCUT2D eigenvalue weighted by molar-refractivity contribution is 0.588. The predicted octanol–water partition coefficient (Wildman–Crippen LogP) is 4.17. The molecule has 2 unspecified atom stereocenters. The molecule has 0 amide bonds. The highest BCUT2D eigenvalue weighted by molar-refractivity contribution is 8.00. The van der Waals surface area contributed by atoms with Crippen molar-refractivity contribution in [3.8, 4) is 0 Å². The molecule has 2 rings (SSSR count). The zero-order valence-corrected chi connectivity index (χ0v) is 14.4. The normalized spacial score (nSPS) is 23.4. The molecule has 0 spiro atoms. The average Bonchev–Trinajstić information content (AvgIpc) is 2.40. The summed E-state index contributed by atoms with van der Waals surface area (Å²) in [6, 6.07) is 7.50. The van der Waals surface area contributed by atoms with Gasteiger partial charge in [-0.2, -0.15) is 11.8 Å². The van der Waals surface area contributed by atoms with Crippen molar-refractivity contribution in [2.45, 2.75) is 51.6 Å². The van der Waals surface area contributed by atoms with Gasteiger partial charge in [0, 0.05) is 36.2 Å². The Bertz CT molecular complexity index is 450. The molecule has 1 N–H and O–H groups in total. The van der Waals surface area contributed by atoms with Gasteiger partial charge in [-0.05, 0) is 24.6 Å². The Hall–Kier alpha value is -0.380. The summed E-state index contributed by atoms with van der Waals surface area (Å²) >= 11 is 8.56. The lowest BCUT2D eigenvalue weighted by Crippen LogP contribution is -2.44. The zero-order chi connectivity index (χ0) is 14.7. The number of rotatable bonds is 4. The first-order valence-electron chi connectivity index (χ1n) is 7.39. The molecule has 1 aliphatic heterocycles. The van der Waals surface area contributed by atoms with Crippen LogP contribution in [0.2, 0.25) is 5.02 Å². The molecule has 20 heavy (non-hydrogen) atoms. The van der Waals surface area contributed by atoms with E-state index in [0.29, 0.717) is 17.3 Å². The Morgan fingerprint density at radius 3 is 2.80 bits per heavy atom. The lowest BCUT2D eigenvalue weighted by atomic mass is 10.1. The van der Waals surface area contributed by atoms with Crippen LogP contribution in [-0.2, 0) is 6.54 Å². The molecule has 1 fully saturated rings. The third-order valence-electron chi connectivity index (χ3n) is 3.92. The van der Waals surface area contributed by atoms with Crippen LogP contribution in [-0.4, -0.2) is 29.6 Å². The number of halogens is 1. The standard InChI is InChI=1S/C16H25ClN2S/c1-11(2)18-10-14-5-6-16(15(17)9-14)19-7-8-20-13(4)12(19)3/h5-6,9,11-13,18H,7-8,10H2,1-4H3. The maximum absolute atomic E-state index is 6.51. The van der Waals surface area contributed by atoms with Crippen LogP contribution in [0.5, 0.6) is 0 Å². The summed E-state index contributed by atoms with van der Waals surface area (Å²) in [7, 11) is 0. The first kappa shape index (κ1) is 16.0. The van der Waals surface area contributed by atoms with Gasteiger partial charge in [0.05, 0.1) is 10.7 Å². The zero-order valence-electron chi connectivity index (χ0n) is 12.8. The Balaban J connectivity index is 2.12. The quantitative estimate of drug-likeness (QED) is 0.898. The number of nitrogens with zero attached hydrogens (tertiary/aromatic N) is 1. The SMILES string of the molecule is CC(C)NCc1ccc(N2CCSC(C)C2C)c(Cl)c1. The summed E-state index contributed by atoms with van der Waals surface area (Å²) in [5.41, 5.74) is 2.43. The monoisotopic (exact) mass is 312 g/mol. The smallest absolute Gasteiger partial charge is 0.0642 e. The van der Waals surface area contributed by atoms with Gasteiger partial charge in [0.15, 0.2) is 0 Å². The molecule has 0 saturated carbocycles. The van der Waals surface area contributed by atoms with Crippen LogP contribution in [0.4, 0.5) is 5.69 Å². The van der Waals surface area contributed by atoms with Gasteiger partial charge in [-0.1, -0.05) is 38.4 Å². The van der Waals surface area contributed by atoms with Crippen molar-refractivity contribution in [2.24, 2.45) is 0 Å². The fourth-order valence-electron chi connectivity index (χ4n) is 2.49. The van der Waals surface area contributed by atoms with Crippen molar-refractivity contribution in [1.82, 2.24) is 5.32 Å². The molecule has 1 aliphatic rings. The van der Waals surface area contributed by atoms with Gasteiger partial charge < -0.3 is 10.2 Å². The first-order chi connectivity index (χ1) is 9.49. The molecule has 0 radical (unpaired) electrons. The van der Waals surface area contributed by atoms with Gasteiger partial charge in [0.25, 0.3) is 0 Å². The van der Waals surface area contributed by atoms with Crippen LogP contribution in [0.1, 0.15) is 33.3 Å². The fraction of sp³-hybridized carbons (Fsp3) is 0.625. The Morgan fingerprint density at radius 1 is 1.40 bits per heavy atom. The largest absolute Gasteiger partial charge is 0.366 e. The third-order valence-corrected chi connectivity index (χ3v) is 5.56. The van der Waals surface area contributed by atoms with Gasteiger partial charge in [-0.3, -0.25) is 0 Å². The molecule has 1 heterocycles. The van der Waals surface area contributed by atoms with Crippen molar-refractivity contribution in [3.05, 3.63) is 28.8 Å². The number of hydrogen-bond donors (Lipinski definition) is 1. The van der Waals surface area contributed by atoms with Gasteiger partial charge in [0.1, 0.15) is 0 Å². The second-order valence-electron chi connectivity index (χ2n) is 5.83. The molecule has 1 aromatic rings. The molecule has 0 aliphatic carbocycles. The number of thioether (sulfide) groups is 1. The molecule has 0 bridgehead atoms. The summed E-state index contributed by atoms with van der Waals surface area (Å²) in [6.07, 6.45) is 0. The summed E-state index contributed by atoms with van der Waals surface area (Å²) in [6.45, 7) is 10.9. The summed E-state index contributed by atoms with van der Waals surface area (Å²) in [5, 5.41) is 4.96. The van der Waals surface area contributed by atoms with Gasteiger partial charge >= 0.3 is 0 Å². The summed E-state index contributed by atoms with van der Waals surface area (Å²) < 4.78 is 0. The number of hydrogen-bond acceptors (Lipinski definition) is 3. The van der Waals surface area contributed by atoms with Crippen LogP contribution >= 0.6 is 23.4 Å². The third kappa shape index (κ3) is 3.84. The number of anilines is 1. The Kier molecular flexibility index (Phi) is 5.65. The van der Waals surface area contributed by atoms with E-state index in [1.165, 1.54) is 17.0 Å². The molecular weight excluding hydrogens is 288 g/mol. The second-order valence-corrected chi connectivity index (χ2v) is 7.72. The molecular formula is C16H25ClN2S.